The first-order chi connectivity index (χ1) is 6.29. The minimum absolute atomic E-state index is 0.865. The molecular weight excluding hydrogens is 178 g/mol. The van der Waals surface area contributed by atoms with Crippen LogP contribution in [0.25, 0.3) is 0 Å². The van der Waals surface area contributed by atoms with Gasteiger partial charge in [-0.1, -0.05) is 27.7 Å². The van der Waals surface area contributed by atoms with Crippen molar-refractivity contribution in [3.63, 3.8) is 0 Å². The van der Waals surface area contributed by atoms with Gasteiger partial charge in [0, 0.05) is 24.6 Å². The van der Waals surface area contributed by atoms with E-state index in [0.29, 0.717) is 0 Å². The second kappa shape index (κ2) is 8.89. The lowest BCUT2D eigenvalue weighted by molar-refractivity contribution is 0.283. The second-order valence-electron chi connectivity index (χ2n) is 3.64. The van der Waals surface area contributed by atoms with Gasteiger partial charge >= 0.3 is 0 Å². The van der Waals surface area contributed by atoms with Crippen molar-refractivity contribution in [1.29, 1.82) is 0 Å². The van der Waals surface area contributed by atoms with E-state index < -0.39 is 0 Å². The van der Waals surface area contributed by atoms with Crippen molar-refractivity contribution in [1.82, 2.24) is 4.90 Å². The largest absolute Gasteiger partial charge is 0.302 e. The SMILES string of the molecule is CC.CC(C)CCN1CCSCC1. The molecular formula is C11H25NS. The van der Waals surface area contributed by atoms with Crippen molar-refractivity contribution in [3.05, 3.63) is 0 Å². The topological polar surface area (TPSA) is 3.24 Å². The minimum Gasteiger partial charge on any atom is -0.302 e. The highest BCUT2D eigenvalue weighted by Crippen LogP contribution is 2.10. The molecule has 0 aromatic heterocycles. The van der Waals surface area contributed by atoms with Gasteiger partial charge in [0.2, 0.25) is 0 Å². The molecule has 1 nitrogen and oxygen atoms in total. The van der Waals surface area contributed by atoms with Gasteiger partial charge in [0.15, 0.2) is 0 Å². The number of nitrogens with zero attached hydrogens (tertiary/aromatic N) is 1. The van der Waals surface area contributed by atoms with Crippen LogP contribution in [0.5, 0.6) is 0 Å². The first-order valence-corrected chi connectivity index (χ1v) is 6.74. The molecule has 0 aliphatic carbocycles. The number of hydrogen-bond donors (Lipinski definition) is 0. The molecule has 0 N–H and O–H groups in total. The van der Waals surface area contributed by atoms with Gasteiger partial charge in [0.1, 0.15) is 0 Å². The number of thioether (sulfide) groups is 1. The van der Waals surface area contributed by atoms with Crippen molar-refractivity contribution >= 4 is 11.8 Å². The molecule has 0 saturated carbocycles. The van der Waals surface area contributed by atoms with Gasteiger partial charge in [-0.2, -0.15) is 11.8 Å². The van der Waals surface area contributed by atoms with Crippen molar-refractivity contribution in [2.45, 2.75) is 34.1 Å². The molecule has 0 aromatic carbocycles. The lowest BCUT2D eigenvalue weighted by atomic mass is 10.1. The molecule has 1 aliphatic heterocycles. The Bertz CT molecular complexity index is 98.3. The summed E-state index contributed by atoms with van der Waals surface area (Å²) in [5.41, 5.74) is 0. The molecule has 13 heavy (non-hydrogen) atoms. The standard InChI is InChI=1S/C9H19NS.C2H6/c1-9(2)3-4-10-5-7-11-8-6-10;1-2/h9H,3-8H2,1-2H3;1-2H3. The van der Waals surface area contributed by atoms with Gasteiger partial charge in [0.05, 0.1) is 0 Å². The molecule has 1 heterocycles. The Labute approximate surface area is 88.3 Å². The summed E-state index contributed by atoms with van der Waals surface area (Å²) in [6.45, 7) is 12.6. The molecule has 1 aliphatic rings. The Balaban J connectivity index is 0.000000671. The van der Waals surface area contributed by atoms with Gasteiger partial charge < -0.3 is 4.90 Å². The van der Waals surface area contributed by atoms with E-state index in [-0.39, 0.29) is 0 Å². The summed E-state index contributed by atoms with van der Waals surface area (Å²) in [6, 6.07) is 0. The van der Waals surface area contributed by atoms with Crippen LogP contribution in [0, 0.1) is 5.92 Å². The fraction of sp³-hybridized carbons (Fsp3) is 1.00. The van der Waals surface area contributed by atoms with E-state index in [0.717, 1.165) is 5.92 Å². The molecule has 0 spiro atoms. The maximum atomic E-state index is 2.59. The lowest BCUT2D eigenvalue weighted by Crippen LogP contribution is -2.33. The fourth-order valence-electron chi connectivity index (χ4n) is 1.27. The first kappa shape index (κ1) is 13.3. The van der Waals surface area contributed by atoms with Crippen LogP contribution in [-0.2, 0) is 0 Å². The Kier molecular flexibility index (Phi) is 9.10. The third-order valence-electron chi connectivity index (χ3n) is 2.13. The smallest absolute Gasteiger partial charge is 0.00727 e. The molecule has 0 unspecified atom stereocenters. The third-order valence-corrected chi connectivity index (χ3v) is 3.07. The van der Waals surface area contributed by atoms with Crippen LogP contribution in [0.3, 0.4) is 0 Å². The number of hydrogen-bond acceptors (Lipinski definition) is 2. The maximum Gasteiger partial charge on any atom is 0.00727 e. The summed E-state index contributed by atoms with van der Waals surface area (Å²) in [4.78, 5) is 2.59. The minimum atomic E-state index is 0.865. The molecule has 0 radical (unpaired) electrons. The molecule has 1 fully saturated rings. The Morgan fingerprint density at radius 3 is 2.15 bits per heavy atom. The first-order valence-electron chi connectivity index (χ1n) is 5.59. The molecule has 0 amide bonds. The van der Waals surface area contributed by atoms with Gasteiger partial charge in [-0.25, -0.2) is 0 Å². The summed E-state index contributed by atoms with van der Waals surface area (Å²) >= 11 is 2.09. The van der Waals surface area contributed by atoms with E-state index >= 15 is 0 Å². The number of rotatable bonds is 3. The Morgan fingerprint density at radius 1 is 1.15 bits per heavy atom. The van der Waals surface area contributed by atoms with E-state index in [1.165, 1.54) is 37.6 Å². The van der Waals surface area contributed by atoms with Gasteiger partial charge in [-0.3, -0.25) is 0 Å². The average Bonchev–Trinajstić information content (AvgIpc) is 2.19. The highest BCUT2D eigenvalue weighted by Gasteiger charge is 2.09. The summed E-state index contributed by atoms with van der Waals surface area (Å²) in [5, 5.41) is 0. The van der Waals surface area contributed by atoms with Gasteiger partial charge in [-0.15, -0.1) is 0 Å². The molecule has 1 rings (SSSR count). The van der Waals surface area contributed by atoms with E-state index in [1.807, 2.05) is 13.8 Å². The van der Waals surface area contributed by atoms with Gasteiger partial charge in [-0.05, 0) is 18.9 Å². The highest BCUT2D eigenvalue weighted by molar-refractivity contribution is 7.99. The van der Waals surface area contributed by atoms with E-state index in [2.05, 4.69) is 30.5 Å². The van der Waals surface area contributed by atoms with Crippen LogP contribution in [0.2, 0.25) is 0 Å². The van der Waals surface area contributed by atoms with Crippen LogP contribution in [-0.4, -0.2) is 36.0 Å². The van der Waals surface area contributed by atoms with Crippen LogP contribution in [0.15, 0.2) is 0 Å². The van der Waals surface area contributed by atoms with Crippen molar-refractivity contribution in [3.8, 4) is 0 Å². The second-order valence-corrected chi connectivity index (χ2v) is 4.86. The van der Waals surface area contributed by atoms with Crippen LogP contribution in [0.4, 0.5) is 0 Å². The average molecular weight is 203 g/mol. The van der Waals surface area contributed by atoms with Crippen molar-refractivity contribution in [2.75, 3.05) is 31.1 Å². The molecule has 0 bridgehead atoms. The predicted octanol–water partition coefficient (Wildman–Crippen LogP) is 3.11. The molecule has 1 saturated heterocycles. The van der Waals surface area contributed by atoms with Crippen LogP contribution in [0.1, 0.15) is 34.1 Å². The summed E-state index contributed by atoms with van der Waals surface area (Å²) < 4.78 is 0. The summed E-state index contributed by atoms with van der Waals surface area (Å²) in [7, 11) is 0. The summed E-state index contributed by atoms with van der Waals surface area (Å²) in [6.07, 6.45) is 1.37. The van der Waals surface area contributed by atoms with E-state index in [4.69, 9.17) is 0 Å². The zero-order valence-corrected chi connectivity index (χ0v) is 10.5. The Hall–Kier alpha value is 0.310. The lowest BCUT2D eigenvalue weighted by Gasteiger charge is -2.26. The molecule has 0 aromatic rings. The normalized spacial score (nSPS) is 18.2. The highest BCUT2D eigenvalue weighted by atomic mass is 32.2. The summed E-state index contributed by atoms with van der Waals surface area (Å²) in [5.74, 6) is 3.56. The quantitative estimate of drug-likeness (QED) is 0.693. The Morgan fingerprint density at radius 2 is 1.69 bits per heavy atom. The molecule has 80 valence electrons. The zero-order chi connectivity index (χ0) is 10.1. The van der Waals surface area contributed by atoms with Crippen LogP contribution < -0.4 is 0 Å². The van der Waals surface area contributed by atoms with E-state index in [9.17, 15) is 0 Å². The monoisotopic (exact) mass is 203 g/mol. The maximum absolute atomic E-state index is 2.59. The molecule has 2 heteroatoms. The predicted molar refractivity (Wildman–Crippen MR) is 64.6 cm³/mol. The van der Waals surface area contributed by atoms with Gasteiger partial charge in [0.25, 0.3) is 0 Å². The molecule has 0 atom stereocenters. The zero-order valence-electron chi connectivity index (χ0n) is 9.68. The fourth-order valence-corrected chi connectivity index (χ4v) is 2.24. The van der Waals surface area contributed by atoms with Crippen molar-refractivity contribution < 1.29 is 0 Å². The third kappa shape index (κ3) is 7.39. The van der Waals surface area contributed by atoms with E-state index in [1.54, 1.807) is 0 Å². The van der Waals surface area contributed by atoms with Crippen molar-refractivity contribution in [2.24, 2.45) is 5.92 Å². The van der Waals surface area contributed by atoms with Crippen LogP contribution >= 0.6 is 11.8 Å².